The van der Waals surface area contributed by atoms with Crippen LogP contribution in [0.3, 0.4) is 0 Å². The molecule has 1 amide bonds. The zero-order valence-electron chi connectivity index (χ0n) is 15.2. The Balaban J connectivity index is 1.66. The Bertz CT molecular complexity index is 740. The van der Waals surface area contributed by atoms with E-state index in [1.807, 2.05) is 38.1 Å². The van der Waals surface area contributed by atoms with Crippen molar-refractivity contribution in [3.8, 4) is 5.75 Å². The van der Waals surface area contributed by atoms with E-state index in [1.165, 1.54) is 5.56 Å². The van der Waals surface area contributed by atoms with E-state index in [2.05, 4.69) is 28.4 Å². The summed E-state index contributed by atoms with van der Waals surface area (Å²) in [5.41, 5.74) is 4.40. The van der Waals surface area contributed by atoms with Crippen molar-refractivity contribution in [2.24, 2.45) is 0 Å². The molecule has 0 saturated carbocycles. The normalized spacial score (nSPS) is 17.5. The number of hydrogen-bond acceptors (Lipinski definition) is 3. The molecule has 0 aromatic heterocycles. The van der Waals surface area contributed by atoms with Crippen molar-refractivity contribution in [3.63, 3.8) is 0 Å². The highest BCUT2D eigenvalue weighted by Gasteiger charge is 2.27. The van der Waals surface area contributed by atoms with Crippen LogP contribution < -0.4 is 10.1 Å². The number of carbonyl (C=O) groups is 1. The first-order valence-electron chi connectivity index (χ1n) is 8.82. The molecule has 1 aliphatic heterocycles. The number of likely N-dealkylation sites (tertiary alicyclic amines) is 1. The SMILES string of the molecule is COc1ccc([C@@H]2CCCN2CC(=O)Nc2cc(C)ccc2C)cc1. The van der Waals surface area contributed by atoms with Crippen molar-refractivity contribution < 1.29 is 9.53 Å². The fraction of sp³-hybridized carbons (Fsp3) is 0.381. The van der Waals surface area contributed by atoms with Gasteiger partial charge in [-0.1, -0.05) is 24.3 Å². The van der Waals surface area contributed by atoms with Crippen molar-refractivity contribution >= 4 is 11.6 Å². The first-order valence-corrected chi connectivity index (χ1v) is 8.82. The Morgan fingerprint density at radius 3 is 2.68 bits per heavy atom. The second-order valence-electron chi connectivity index (χ2n) is 6.77. The lowest BCUT2D eigenvalue weighted by atomic mass is 10.0. The van der Waals surface area contributed by atoms with Crippen molar-refractivity contribution in [2.75, 3.05) is 25.5 Å². The largest absolute Gasteiger partial charge is 0.497 e. The van der Waals surface area contributed by atoms with Crippen LogP contribution in [0.1, 0.15) is 35.6 Å². The molecule has 1 heterocycles. The average molecular weight is 338 g/mol. The van der Waals surface area contributed by atoms with Crippen LogP contribution >= 0.6 is 0 Å². The lowest BCUT2D eigenvalue weighted by Gasteiger charge is -2.24. The van der Waals surface area contributed by atoms with Crippen LogP contribution in [0.4, 0.5) is 5.69 Å². The molecule has 3 rings (SSSR count). The number of nitrogens with one attached hydrogen (secondary N) is 1. The molecule has 25 heavy (non-hydrogen) atoms. The topological polar surface area (TPSA) is 41.6 Å². The third-order valence-electron chi connectivity index (χ3n) is 4.88. The standard InChI is InChI=1S/C21H26N2O2/c1-15-6-7-16(2)19(13-15)22-21(24)14-23-12-4-5-20(23)17-8-10-18(25-3)11-9-17/h6-11,13,20H,4-5,12,14H2,1-3H3,(H,22,24)/t20-/m0/s1. The second kappa shape index (κ2) is 7.70. The van der Waals surface area contributed by atoms with Gasteiger partial charge in [-0.15, -0.1) is 0 Å². The van der Waals surface area contributed by atoms with Gasteiger partial charge in [-0.3, -0.25) is 9.69 Å². The Hall–Kier alpha value is -2.33. The maximum Gasteiger partial charge on any atom is 0.238 e. The monoisotopic (exact) mass is 338 g/mol. The summed E-state index contributed by atoms with van der Waals surface area (Å²) in [5.74, 6) is 0.912. The molecule has 4 heteroatoms. The average Bonchev–Trinajstić information content (AvgIpc) is 3.06. The van der Waals surface area contributed by atoms with Crippen LogP contribution in [0.2, 0.25) is 0 Å². The van der Waals surface area contributed by atoms with Crippen LogP contribution in [0, 0.1) is 13.8 Å². The number of aryl methyl sites for hydroxylation is 2. The summed E-state index contributed by atoms with van der Waals surface area (Å²) >= 11 is 0. The highest BCUT2D eigenvalue weighted by molar-refractivity contribution is 5.93. The van der Waals surface area contributed by atoms with Gasteiger partial charge < -0.3 is 10.1 Å². The van der Waals surface area contributed by atoms with Gasteiger partial charge in [-0.25, -0.2) is 0 Å². The summed E-state index contributed by atoms with van der Waals surface area (Å²) in [6, 6.07) is 14.6. The molecule has 132 valence electrons. The van der Waals surface area contributed by atoms with Crippen molar-refractivity contribution in [1.29, 1.82) is 0 Å². The third-order valence-corrected chi connectivity index (χ3v) is 4.88. The summed E-state index contributed by atoms with van der Waals surface area (Å²) in [5, 5.41) is 3.07. The molecular weight excluding hydrogens is 312 g/mol. The number of benzene rings is 2. The zero-order valence-corrected chi connectivity index (χ0v) is 15.2. The van der Waals surface area contributed by atoms with E-state index in [9.17, 15) is 4.79 Å². The maximum absolute atomic E-state index is 12.5. The first-order chi connectivity index (χ1) is 12.1. The summed E-state index contributed by atoms with van der Waals surface area (Å²) in [4.78, 5) is 14.8. The van der Waals surface area contributed by atoms with E-state index in [0.717, 1.165) is 42.0 Å². The number of amides is 1. The second-order valence-corrected chi connectivity index (χ2v) is 6.77. The Morgan fingerprint density at radius 1 is 1.20 bits per heavy atom. The molecule has 0 aliphatic carbocycles. The molecule has 1 aliphatic rings. The minimum absolute atomic E-state index is 0.0501. The molecule has 0 spiro atoms. The van der Waals surface area contributed by atoms with Crippen molar-refractivity contribution in [2.45, 2.75) is 32.7 Å². The van der Waals surface area contributed by atoms with E-state index in [1.54, 1.807) is 7.11 Å². The minimum Gasteiger partial charge on any atom is -0.497 e. The highest BCUT2D eigenvalue weighted by atomic mass is 16.5. The van der Waals surface area contributed by atoms with E-state index in [4.69, 9.17) is 4.74 Å². The smallest absolute Gasteiger partial charge is 0.238 e. The van der Waals surface area contributed by atoms with Crippen LogP contribution in [-0.2, 0) is 4.79 Å². The van der Waals surface area contributed by atoms with Gasteiger partial charge in [0.25, 0.3) is 0 Å². The van der Waals surface area contributed by atoms with Crippen LogP contribution in [0.5, 0.6) is 5.75 Å². The van der Waals surface area contributed by atoms with Gasteiger partial charge in [-0.05, 0) is 68.1 Å². The van der Waals surface area contributed by atoms with Crippen LogP contribution in [0.25, 0.3) is 0 Å². The molecule has 2 aromatic carbocycles. The fourth-order valence-corrected chi connectivity index (χ4v) is 3.46. The number of nitrogens with zero attached hydrogens (tertiary/aromatic N) is 1. The van der Waals surface area contributed by atoms with E-state index >= 15 is 0 Å². The van der Waals surface area contributed by atoms with Gasteiger partial charge in [0, 0.05) is 11.7 Å². The lowest BCUT2D eigenvalue weighted by Crippen LogP contribution is -2.33. The Labute approximate surface area is 149 Å². The molecule has 1 atom stereocenters. The van der Waals surface area contributed by atoms with Gasteiger partial charge in [0.15, 0.2) is 0 Å². The molecule has 0 radical (unpaired) electrons. The molecule has 2 aromatic rings. The van der Waals surface area contributed by atoms with Crippen LogP contribution in [0.15, 0.2) is 42.5 Å². The third kappa shape index (κ3) is 4.20. The van der Waals surface area contributed by atoms with Gasteiger partial charge in [0.05, 0.1) is 13.7 Å². The number of methoxy groups -OCH3 is 1. The predicted octanol–water partition coefficient (Wildman–Crippen LogP) is 4.09. The summed E-state index contributed by atoms with van der Waals surface area (Å²) in [7, 11) is 1.68. The summed E-state index contributed by atoms with van der Waals surface area (Å²) < 4.78 is 5.23. The summed E-state index contributed by atoms with van der Waals surface area (Å²) in [6.07, 6.45) is 2.20. The number of ether oxygens (including phenoxy) is 1. The van der Waals surface area contributed by atoms with Crippen molar-refractivity contribution in [1.82, 2.24) is 4.90 Å². The predicted molar refractivity (Wildman–Crippen MR) is 101 cm³/mol. The van der Waals surface area contributed by atoms with Gasteiger partial charge in [-0.2, -0.15) is 0 Å². The van der Waals surface area contributed by atoms with Gasteiger partial charge >= 0.3 is 0 Å². The number of anilines is 1. The molecular formula is C21H26N2O2. The summed E-state index contributed by atoms with van der Waals surface area (Å²) in [6.45, 7) is 5.43. The Kier molecular flexibility index (Phi) is 5.39. The Morgan fingerprint density at radius 2 is 1.96 bits per heavy atom. The van der Waals surface area contributed by atoms with E-state index in [0.29, 0.717) is 12.6 Å². The maximum atomic E-state index is 12.5. The van der Waals surface area contributed by atoms with Gasteiger partial charge in [0.1, 0.15) is 5.75 Å². The molecule has 1 fully saturated rings. The molecule has 1 saturated heterocycles. The van der Waals surface area contributed by atoms with E-state index < -0.39 is 0 Å². The molecule has 0 bridgehead atoms. The zero-order chi connectivity index (χ0) is 17.8. The number of carbonyl (C=O) groups excluding carboxylic acids is 1. The first kappa shape index (κ1) is 17.5. The van der Waals surface area contributed by atoms with Crippen molar-refractivity contribution in [3.05, 3.63) is 59.2 Å². The number of hydrogen-bond donors (Lipinski definition) is 1. The lowest BCUT2D eigenvalue weighted by molar-refractivity contribution is -0.117. The fourth-order valence-electron chi connectivity index (χ4n) is 3.46. The van der Waals surface area contributed by atoms with Gasteiger partial charge in [0.2, 0.25) is 5.91 Å². The molecule has 1 N–H and O–H groups in total. The molecule has 0 unspecified atom stereocenters. The highest BCUT2D eigenvalue weighted by Crippen LogP contribution is 2.32. The number of rotatable bonds is 5. The quantitative estimate of drug-likeness (QED) is 0.893. The van der Waals surface area contributed by atoms with Crippen LogP contribution in [-0.4, -0.2) is 31.0 Å². The minimum atomic E-state index is 0.0501. The molecule has 4 nitrogen and oxygen atoms in total. The van der Waals surface area contributed by atoms with E-state index in [-0.39, 0.29) is 5.91 Å².